The molecule has 0 bridgehead atoms. The van der Waals surface area contributed by atoms with Crippen LogP contribution in [0.3, 0.4) is 0 Å². The minimum atomic E-state index is -1.12. The van der Waals surface area contributed by atoms with Gasteiger partial charge in [0.05, 0.1) is 56.1 Å². The summed E-state index contributed by atoms with van der Waals surface area (Å²) in [6, 6.07) is 28.4. The molecule has 3 heterocycles. The second-order valence-electron chi connectivity index (χ2n) is 18.9. The molecule has 69 heavy (non-hydrogen) atoms. The molecule has 0 spiro atoms. The largest absolute Gasteiger partial charge is 0.469 e. The molecule has 16 heteroatoms. The molecule has 0 aliphatic carbocycles. The molecule has 2 saturated heterocycles. The Morgan fingerprint density at radius 2 is 1.64 bits per heavy atom. The smallest absolute Gasteiger partial charge is 0.306 e. The first-order valence-corrected chi connectivity index (χ1v) is 24.1. The van der Waals surface area contributed by atoms with Crippen molar-refractivity contribution in [1.29, 1.82) is 0 Å². The van der Waals surface area contributed by atoms with Crippen molar-refractivity contribution in [3.63, 3.8) is 0 Å². The molecule has 2 aliphatic rings. The van der Waals surface area contributed by atoms with Crippen LogP contribution in [0.15, 0.2) is 103 Å². The average molecular weight is 981 g/mol. The molecule has 4 aromatic carbocycles. The Morgan fingerprint density at radius 1 is 0.928 bits per heavy atom. The Morgan fingerprint density at radius 3 is 2.33 bits per heavy atom. The zero-order chi connectivity index (χ0) is 49.5. The summed E-state index contributed by atoms with van der Waals surface area (Å²) in [5.74, 6) is 0.0441. The molecule has 0 radical (unpaired) electrons. The Hall–Kier alpha value is -5.77. The van der Waals surface area contributed by atoms with Gasteiger partial charge in [-0.25, -0.2) is 4.98 Å². The van der Waals surface area contributed by atoms with E-state index in [-0.39, 0.29) is 37.9 Å². The Labute approximate surface area is 415 Å². The van der Waals surface area contributed by atoms with Gasteiger partial charge in [-0.15, -0.1) is 0 Å². The minimum absolute atomic E-state index is 0.0267. The number of hydrogen-bond donors (Lipinski definition) is 2. The van der Waals surface area contributed by atoms with Crippen LogP contribution in [0.2, 0.25) is 10.0 Å². The molecule has 5 aromatic rings. The lowest BCUT2D eigenvalue weighted by Crippen LogP contribution is -2.65. The van der Waals surface area contributed by atoms with Crippen molar-refractivity contribution in [3.8, 4) is 22.8 Å². The van der Waals surface area contributed by atoms with Crippen LogP contribution in [0.1, 0.15) is 62.5 Å². The summed E-state index contributed by atoms with van der Waals surface area (Å²) in [7, 11) is 7.34. The molecule has 2 fully saturated rings. The van der Waals surface area contributed by atoms with Crippen molar-refractivity contribution in [2.45, 2.75) is 89.3 Å². The topological polar surface area (TPSA) is 148 Å². The predicted octanol–water partition coefficient (Wildman–Crippen LogP) is 7.83. The van der Waals surface area contributed by atoms with Gasteiger partial charge in [-0.2, -0.15) is 0 Å². The van der Waals surface area contributed by atoms with E-state index in [2.05, 4.69) is 25.1 Å². The van der Waals surface area contributed by atoms with Crippen molar-refractivity contribution in [2.24, 2.45) is 13.0 Å². The van der Waals surface area contributed by atoms with Crippen molar-refractivity contribution in [3.05, 3.63) is 136 Å². The lowest BCUT2D eigenvalue weighted by atomic mass is 9.81. The highest BCUT2D eigenvalue weighted by Gasteiger charge is 2.50. The van der Waals surface area contributed by atoms with E-state index in [1.54, 1.807) is 49.9 Å². The zero-order valence-corrected chi connectivity index (χ0v) is 42.0. The van der Waals surface area contributed by atoms with E-state index in [1.165, 1.54) is 12.0 Å². The summed E-state index contributed by atoms with van der Waals surface area (Å²) in [4.78, 5) is 66.4. The Balaban J connectivity index is 1.06. The van der Waals surface area contributed by atoms with Gasteiger partial charge in [-0.05, 0) is 120 Å². The second kappa shape index (κ2) is 22.3. The van der Waals surface area contributed by atoms with Crippen LogP contribution < -0.4 is 15.4 Å². The van der Waals surface area contributed by atoms with E-state index < -0.39 is 41.1 Å². The third-order valence-corrected chi connectivity index (χ3v) is 13.5. The molecule has 2 N–H and O–H groups in total. The maximum Gasteiger partial charge on any atom is 0.306 e. The van der Waals surface area contributed by atoms with E-state index in [0.29, 0.717) is 53.8 Å². The fourth-order valence-electron chi connectivity index (χ4n) is 9.35. The number of halogens is 2. The normalized spacial score (nSPS) is 18.7. The van der Waals surface area contributed by atoms with Crippen molar-refractivity contribution < 1.29 is 33.4 Å². The first kappa shape index (κ1) is 51.1. The molecule has 3 amide bonds. The Kier molecular flexibility index (Phi) is 16.5. The summed E-state index contributed by atoms with van der Waals surface area (Å²) in [5.41, 5.74) is 2.56. The van der Waals surface area contributed by atoms with Crippen LogP contribution in [-0.2, 0) is 61.6 Å². The Bertz CT molecular complexity index is 2590. The molecule has 4 atom stereocenters. The molecule has 14 nitrogen and oxygen atoms in total. The molecule has 0 unspecified atom stereocenters. The summed E-state index contributed by atoms with van der Waals surface area (Å²) in [6.45, 7) is 6.90. The number of likely N-dealkylation sites (tertiary alicyclic amines) is 1. The number of hydrogen-bond acceptors (Lipinski definition) is 10. The number of carbonyl (C=O) groups is 4. The summed E-state index contributed by atoms with van der Waals surface area (Å²) in [5, 5.41) is 7.78. The van der Waals surface area contributed by atoms with Crippen LogP contribution in [0.25, 0.3) is 11.3 Å². The highest BCUT2D eigenvalue weighted by molar-refractivity contribution is 6.31. The van der Waals surface area contributed by atoms with Gasteiger partial charge in [0.1, 0.15) is 29.1 Å². The fraction of sp³-hybridized carbons (Fsp3) is 0.415. The quantitative estimate of drug-likeness (QED) is 0.0834. The number of nitrogens with zero attached hydrogens (tertiary/aromatic N) is 5. The standard InChI is InChI=1S/C53H63Cl2N7O7/c1-35(56-30-39-16-21-42(55)28-46(39)69-43-22-17-38(18-23-43)44-31-57-47(60(44)6)32-59(4)5)50(65)62-45(33-68-52(62,2)3)49(64)58-53(29-37-14-19-41(54)20-15-37)24-11-25-61(34-53)51(66)40(27-48(63)67-7)26-36-12-9-8-10-13-36/h8-10,12-23,28,31,35,40,45,56H,11,24-27,29-30,32-34H2,1-7H3,(H,58,64)/t35-,40+,45-,53+/m0/s1. The SMILES string of the molecule is COC(=O)C[C@@H](Cc1ccccc1)C(=O)N1CCC[C@](Cc2ccc(Cl)cc2)(NC(=O)[C@@H]2COC(C)(C)N2C(=O)[C@H](C)NCc2ccc(Cl)cc2Oc2ccc(-c3cnc(CN(C)C)n3C)cc2)C1. The second-order valence-corrected chi connectivity index (χ2v) is 19.8. The van der Waals surface area contributed by atoms with Gasteiger partial charge in [-0.3, -0.25) is 24.1 Å². The summed E-state index contributed by atoms with van der Waals surface area (Å²) >= 11 is 12.8. The van der Waals surface area contributed by atoms with Crippen LogP contribution >= 0.6 is 23.2 Å². The number of amides is 3. The monoisotopic (exact) mass is 979 g/mol. The van der Waals surface area contributed by atoms with Crippen LogP contribution in [-0.4, -0.2) is 112 Å². The number of imidazole rings is 1. The highest BCUT2D eigenvalue weighted by atomic mass is 35.5. The van der Waals surface area contributed by atoms with E-state index >= 15 is 0 Å². The maximum absolute atomic E-state index is 14.8. The van der Waals surface area contributed by atoms with E-state index in [1.807, 2.05) is 100 Å². The lowest BCUT2D eigenvalue weighted by Gasteiger charge is -2.45. The van der Waals surface area contributed by atoms with Gasteiger partial charge in [0, 0.05) is 47.9 Å². The number of benzene rings is 4. The molecule has 366 valence electrons. The molecule has 7 rings (SSSR count). The number of esters is 1. The van der Waals surface area contributed by atoms with Gasteiger partial charge < -0.3 is 39.2 Å². The van der Waals surface area contributed by atoms with Gasteiger partial charge in [0.25, 0.3) is 0 Å². The van der Waals surface area contributed by atoms with Crippen molar-refractivity contribution in [1.82, 2.24) is 34.9 Å². The summed E-state index contributed by atoms with van der Waals surface area (Å²) in [6.07, 6.45) is 3.69. The number of carbonyl (C=O) groups excluding carboxylic acids is 4. The number of aromatic nitrogens is 2. The van der Waals surface area contributed by atoms with Crippen molar-refractivity contribution in [2.75, 3.05) is 40.9 Å². The van der Waals surface area contributed by atoms with Crippen LogP contribution in [0.4, 0.5) is 0 Å². The third-order valence-electron chi connectivity index (χ3n) is 13.0. The van der Waals surface area contributed by atoms with E-state index in [0.717, 1.165) is 40.3 Å². The zero-order valence-electron chi connectivity index (χ0n) is 40.5. The van der Waals surface area contributed by atoms with Gasteiger partial charge in [0.15, 0.2) is 0 Å². The van der Waals surface area contributed by atoms with Gasteiger partial charge >= 0.3 is 5.97 Å². The molecule has 0 saturated carbocycles. The van der Waals surface area contributed by atoms with E-state index in [9.17, 15) is 19.2 Å². The minimum Gasteiger partial charge on any atom is -0.469 e. The first-order valence-electron chi connectivity index (χ1n) is 23.3. The lowest BCUT2D eigenvalue weighted by molar-refractivity contribution is -0.152. The highest BCUT2D eigenvalue weighted by Crippen LogP contribution is 2.34. The number of piperidine rings is 1. The van der Waals surface area contributed by atoms with Gasteiger partial charge in [-0.1, -0.05) is 71.7 Å². The number of methoxy groups -OCH3 is 1. The summed E-state index contributed by atoms with van der Waals surface area (Å²) < 4.78 is 19.7. The van der Waals surface area contributed by atoms with Crippen LogP contribution in [0, 0.1) is 5.92 Å². The molecule has 1 aromatic heterocycles. The van der Waals surface area contributed by atoms with E-state index in [4.69, 9.17) is 37.4 Å². The average Bonchev–Trinajstić information content (AvgIpc) is 3.85. The van der Waals surface area contributed by atoms with Crippen molar-refractivity contribution >= 4 is 46.9 Å². The molecular formula is C53H63Cl2N7O7. The van der Waals surface area contributed by atoms with Crippen LogP contribution in [0.5, 0.6) is 11.5 Å². The molecule has 2 aliphatic heterocycles. The third kappa shape index (κ3) is 12.7. The predicted molar refractivity (Wildman–Crippen MR) is 267 cm³/mol. The van der Waals surface area contributed by atoms with Gasteiger partial charge in [0.2, 0.25) is 17.7 Å². The number of ether oxygens (including phenoxy) is 3. The first-order chi connectivity index (χ1) is 32.9. The fourth-order valence-corrected chi connectivity index (χ4v) is 9.63. The number of rotatable bonds is 18. The number of nitrogens with one attached hydrogen (secondary N) is 2. The maximum atomic E-state index is 14.8. The molecular weight excluding hydrogens is 918 g/mol.